The number of rotatable bonds is 19. The number of aliphatic hydroxyl groups is 1. The van der Waals surface area contributed by atoms with E-state index < -0.39 is 162 Å². The fourth-order valence-corrected chi connectivity index (χ4v) is 11.1. The second kappa shape index (κ2) is 37.8. The highest BCUT2D eigenvalue weighted by Gasteiger charge is 2.46. The van der Waals surface area contributed by atoms with Crippen molar-refractivity contribution in [3.63, 3.8) is 0 Å². The number of nitrogens with one attached hydrogen (secondary N) is 4. The molecule has 7 N–H and O–H groups in total. The monoisotopic (exact) mass is 1260 g/mol. The zero-order chi connectivity index (χ0) is 68.8. The van der Waals surface area contributed by atoms with E-state index in [1.807, 2.05) is 41.5 Å². The van der Waals surface area contributed by atoms with E-state index in [2.05, 4.69) is 21.3 Å². The molecule has 25 heteroatoms. The summed E-state index contributed by atoms with van der Waals surface area (Å²) >= 11 is 0. The second-order valence-electron chi connectivity index (χ2n) is 26.5. The van der Waals surface area contributed by atoms with Crippen molar-refractivity contribution in [2.75, 3.05) is 69.0 Å². The summed E-state index contributed by atoms with van der Waals surface area (Å²) in [5.41, 5.74) is 5.74. The van der Waals surface area contributed by atoms with Gasteiger partial charge in [0.05, 0.1) is 18.8 Å². The fourth-order valence-electron chi connectivity index (χ4n) is 11.1. The number of nitrogens with zero attached hydrogens (tertiary/aromatic N) is 7. The van der Waals surface area contributed by atoms with Crippen LogP contribution in [0.3, 0.4) is 0 Å². The van der Waals surface area contributed by atoms with Crippen LogP contribution in [-0.2, 0) is 57.5 Å². The van der Waals surface area contributed by atoms with Gasteiger partial charge in [0.1, 0.15) is 60.4 Å². The number of hydrogen-bond donors (Lipinski definition) is 6. The lowest BCUT2D eigenvalue weighted by Gasteiger charge is -2.41. The Balaban J connectivity index is 4.38. The van der Waals surface area contributed by atoms with E-state index in [9.17, 15) is 48.3 Å². The lowest BCUT2D eigenvalue weighted by molar-refractivity contribution is -0.157. The zero-order valence-corrected chi connectivity index (χ0v) is 58.2. The van der Waals surface area contributed by atoms with Crippen molar-refractivity contribution in [3.05, 3.63) is 12.2 Å². The maximum atomic E-state index is 15.2. The summed E-state index contributed by atoms with van der Waals surface area (Å²) in [6, 6.07) is -12.8. The van der Waals surface area contributed by atoms with Gasteiger partial charge in [0.15, 0.2) is 0 Å². The van der Waals surface area contributed by atoms with Gasteiger partial charge in [-0.15, -0.1) is 0 Å². The Morgan fingerprint density at radius 2 is 1.00 bits per heavy atom. The van der Waals surface area contributed by atoms with Gasteiger partial charge < -0.3 is 71.1 Å². The van der Waals surface area contributed by atoms with Gasteiger partial charge in [0.2, 0.25) is 65.0 Å². The Morgan fingerprint density at radius 3 is 1.48 bits per heavy atom. The van der Waals surface area contributed by atoms with Gasteiger partial charge in [-0.1, -0.05) is 95.2 Å². The van der Waals surface area contributed by atoms with E-state index in [1.165, 1.54) is 82.8 Å². The van der Waals surface area contributed by atoms with Crippen LogP contribution in [0.1, 0.15) is 156 Å². The first-order valence-corrected chi connectivity index (χ1v) is 31.9. The first kappa shape index (κ1) is 80.8. The molecule has 1 rings (SSSR count). The first-order chi connectivity index (χ1) is 41.3. The molecule has 0 spiro atoms. The molecule has 1 aliphatic rings. The van der Waals surface area contributed by atoms with E-state index in [0.29, 0.717) is 25.8 Å². The van der Waals surface area contributed by atoms with Gasteiger partial charge in [0, 0.05) is 55.9 Å². The van der Waals surface area contributed by atoms with Crippen LogP contribution in [0.25, 0.3) is 0 Å². The number of amides is 11. The van der Waals surface area contributed by atoms with Gasteiger partial charge in [-0.3, -0.25) is 52.7 Å². The molecule has 0 bridgehead atoms. The zero-order valence-electron chi connectivity index (χ0n) is 58.2. The summed E-state index contributed by atoms with van der Waals surface area (Å²) in [4.78, 5) is 170. The van der Waals surface area contributed by atoms with E-state index in [-0.39, 0.29) is 50.0 Å². The number of carbonyl (C=O) groups excluding carboxylic acids is 11. The topological polar surface area (TPSA) is 314 Å². The second-order valence-corrected chi connectivity index (χ2v) is 26.5. The average Bonchev–Trinajstić information content (AvgIpc) is 0.987. The molecule has 0 unspecified atom stereocenters. The third-order valence-electron chi connectivity index (χ3n) is 16.7. The van der Waals surface area contributed by atoms with Crippen molar-refractivity contribution in [3.8, 4) is 0 Å². The molecule has 1 aliphatic heterocycles. The van der Waals surface area contributed by atoms with Gasteiger partial charge in [-0.05, 0) is 115 Å². The molecular weight excluding hydrogens is 1140 g/mol. The summed E-state index contributed by atoms with van der Waals surface area (Å²) in [7, 11) is 9.79. The summed E-state index contributed by atoms with van der Waals surface area (Å²) in [5.74, 6) is -10.1. The number of nitrogens with two attached hydrogens (primary N) is 1. The molecule has 25 nitrogen and oxygen atoms in total. The van der Waals surface area contributed by atoms with Crippen LogP contribution in [0.4, 0.5) is 0 Å². The smallest absolute Gasteiger partial charge is 0.246 e. The molecule has 0 radical (unpaired) electrons. The highest BCUT2D eigenvalue weighted by molar-refractivity contribution is 5.99. The van der Waals surface area contributed by atoms with Crippen molar-refractivity contribution >= 4 is 65.0 Å². The van der Waals surface area contributed by atoms with Crippen molar-refractivity contribution in [1.29, 1.82) is 0 Å². The Bertz CT molecular complexity index is 2400. The van der Waals surface area contributed by atoms with Crippen LogP contribution < -0.4 is 27.0 Å². The van der Waals surface area contributed by atoms with Crippen molar-refractivity contribution in [1.82, 2.24) is 55.6 Å². The molecule has 1 saturated heterocycles. The van der Waals surface area contributed by atoms with E-state index in [1.54, 1.807) is 67.5 Å². The largest absolute Gasteiger partial charge is 0.390 e. The summed E-state index contributed by atoms with van der Waals surface area (Å²) in [6.07, 6.45) is 2.93. The molecule has 1 heterocycles. The molecule has 89 heavy (non-hydrogen) atoms. The Labute approximate surface area is 532 Å². The predicted octanol–water partition coefficient (Wildman–Crippen LogP) is 2.37. The highest BCUT2D eigenvalue weighted by atomic mass is 16.5. The highest BCUT2D eigenvalue weighted by Crippen LogP contribution is 2.26. The molecule has 0 aromatic carbocycles. The SMILES string of the molecule is CC=CC[C@@H](C)[C@@H](O)[C@H]1C(=O)N[C@@H](CC)C(=O)N(C)CC(=O)N(C)[C@@H]([C@@H](C)OCCCCN)C(=O)N[C@@H](C(C)C)C(=O)N(C)[C@@H](CC(C)C)C(=O)N[C@@H](C)C(=O)N[C@H](C)C(=O)N(C)[C@@H](CC(C)C)C(=O)N(C)[C@H](CC(C)C)C(=O)N(C)[C@@H](C(C)C)C(=O)N1C. The number of ether oxygens (including phenoxy) is 1. The van der Waals surface area contributed by atoms with E-state index in [0.717, 1.165) is 14.7 Å². The molecule has 0 aliphatic carbocycles. The predicted molar refractivity (Wildman–Crippen MR) is 343 cm³/mol. The summed E-state index contributed by atoms with van der Waals surface area (Å²) in [6.45, 7) is 27.5. The summed E-state index contributed by atoms with van der Waals surface area (Å²) < 4.78 is 6.12. The molecule has 0 saturated carbocycles. The molecule has 1 fully saturated rings. The lowest BCUT2D eigenvalue weighted by atomic mass is 9.91. The molecule has 11 amide bonds. The van der Waals surface area contributed by atoms with Crippen LogP contribution in [-0.4, -0.2) is 246 Å². The fraction of sp³-hybridized carbons (Fsp3) is 0.797. The van der Waals surface area contributed by atoms with E-state index >= 15 is 9.59 Å². The minimum absolute atomic E-state index is 0.00458. The average molecular weight is 1260 g/mol. The first-order valence-electron chi connectivity index (χ1n) is 31.9. The number of unbranched alkanes of at least 4 members (excludes halogenated alkanes) is 1. The number of carbonyl (C=O) groups is 11. The van der Waals surface area contributed by atoms with Crippen LogP contribution in [0.15, 0.2) is 12.2 Å². The molecule has 510 valence electrons. The van der Waals surface area contributed by atoms with E-state index in [4.69, 9.17) is 10.5 Å². The maximum Gasteiger partial charge on any atom is 0.246 e. The van der Waals surface area contributed by atoms with Crippen LogP contribution in [0, 0.1) is 35.5 Å². The molecule has 0 aromatic heterocycles. The normalized spacial score (nSPS) is 26.5. The van der Waals surface area contributed by atoms with Gasteiger partial charge in [-0.2, -0.15) is 0 Å². The van der Waals surface area contributed by atoms with Crippen molar-refractivity contribution in [2.45, 2.75) is 228 Å². The minimum atomic E-state index is -1.63. The quantitative estimate of drug-likeness (QED) is 0.0800. The Hall–Kier alpha value is -6.21. The van der Waals surface area contributed by atoms with Crippen molar-refractivity contribution in [2.24, 2.45) is 41.2 Å². The third kappa shape index (κ3) is 23.2. The number of hydrogen-bond acceptors (Lipinski definition) is 14. The van der Waals surface area contributed by atoms with Crippen LogP contribution >= 0.6 is 0 Å². The van der Waals surface area contributed by atoms with Crippen LogP contribution in [0.2, 0.25) is 0 Å². The number of aliphatic hydroxyl groups excluding tert-OH is 1. The number of likely N-dealkylation sites (N-methyl/N-ethyl adjacent to an activating group) is 7. The Kier molecular flexibility index (Phi) is 34.3. The van der Waals surface area contributed by atoms with Crippen molar-refractivity contribution < 1.29 is 62.6 Å². The Morgan fingerprint density at radius 1 is 0.528 bits per heavy atom. The standard InChI is InChI=1S/C64H116N12O13/c1-24-26-29-41(13)54(78)53-58(82)68-45(25-2)60(84)70(17)35-49(77)74(21)52(44(16)89-31-28-27-30-65)57(81)69-50(39(9)10)63(87)71(18)46(32-36(3)4)56(80)66-42(14)55(79)67-43(15)59(83)72(19)47(33-37(5)6)61(85)73(20)48(34-38(7)8)62(86)75(22)51(40(11)12)64(88)76(53)23/h24,26,36-48,50-54,78H,25,27-35,65H2,1-23H3,(H,66,80)(H,67,79)(H,68,82)(H,69,81)/t41-,42+,43-,44-,45+,46+,47+,48-,50+,51+,52+,53+,54-/m1/s1. The molecule has 13 atom stereocenters. The van der Waals surface area contributed by atoms with Crippen LogP contribution in [0.5, 0.6) is 0 Å². The molecular formula is C64H116N12O13. The lowest BCUT2D eigenvalue weighted by Crippen LogP contribution is -2.63. The van der Waals surface area contributed by atoms with Gasteiger partial charge >= 0.3 is 0 Å². The number of allylic oxidation sites excluding steroid dienone is 2. The van der Waals surface area contributed by atoms with Gasteiger partial charge in [-0.25, -0.2) is 0 Å². The maximum absolute atomic E-state index is 15.2. The molecule has 0 aromatic rings. The third-order valence-corrected chi connectivity index (χ3v) is 16.7. The summed E-state index contributed by atoms with van der Waals surface area (Å²) in [5, 5.41) is 23.1. The van der Waals surface area contributed by atoms with Gasteiger partial charge in [0.25, 0.3) is 0 Å². The minimum Gasteiger partial charge on any atom is -0.390 e.